The number of hydrogen-bond donors (Lipinski definition) is 0. The summed E-state index contributed by atoms with van der Waals surface area (Å²) >= 11 is 0. The van der Waals surface area contributed by atoms with Crippen LogP contribution >= 0.6 is 0 Å². The van der Waals surface area contributed by atoms with E-state index >= 15 is 0 Å². The van der Waals surface area contributed by atoms with Crippen LogP contribution in [0.3, 0.4) is 0 Å². The van der Waals surface area contributed by atoms with E-state index in [1.54, 1.807) is 0 Å². The van der Waals surface area contributed by atoms with Gasteiger partial charge in [-0.2, -0.15) is 0 Å². The molecular formula is C52H32N4. The largest absolute Gasteiger partial charge is 0.309 e. The highest BCUT2D eigenvalue weighted by molar-refractivity contribution is 6.21. The molecule has 4 heteroatoms. The minimum Gasteiger partial charge on any atom is -0.309 e. The van der Waals surface area contributed by atoms with Crippen LogP contribution in [0.1, 0.15) is 0 Å². The van der Waals surface area contributed by atoms with E-state index in [2.05, 4.69) is 191 Å². The Bertz CT molecular complexity index is 3510. The fourth-order valence-corrected chi connectivity index (χ4v) is 8.86. The number of hydrogen-bond acceptors (Lipinski definition) is 2. The van der Waals surface area contributed by atoms with Crippen molar-refractivity contribution in [2.24, 2.45) is 0 Å². The fourth-order valence-electron chi connectivity index (χ4n) is 8.86. The first kappa shape index (κ1) is 30.9. The van der Waals surface area contributed by atoms with Gasteiger partial charge < -0.3 is 9.13 Å². The molecule has 0 radical (unpaired) electrons. The normalized spacial score (nSPS) is 11.9. The Morgan fingerprint density at radius 2 is 0.857 bits per heavy atom. The zero-order valence-corrected chi connectivity index (χ0v) is 30.3. The number of fused-ring (bicyclic) bond motifs is 10. The maximum Gasteiger partial charge on any atom is 0.0973 e. The van der Waals surface area contributed by atoms with E-state index in [0.29, 0.717) is 0 Å². The molecule has 12 rings (SSSR count). The number of para-hydroxylation sites is 2. The third kappa shape index (κ3) is 4.60. The number of nitrogens with zero attached hydrogens (tertiary/aromatic N) is 4. The molecule has 0 fully saturated rings. The quantitative estimate of drug-likeness (QED) is 0.170. The predicted octanol–water partition coefficient (Wildman–Crippen LogP) is 13.5. The van der Waals surface area contributed by atoms with E-state index in [1.165, 1.54) is 48.9 Å². The van der Waals surface area contributed by atoms with Gasteiger partial charge in [-0.25, -0.2) is 9.97 Å². The molecule has 260 valence electrons. The van der Waals surface area contributed by atoms with Gasteiger partial charge in [-0.1, -0.05) is 133 Å². The predicted molar refractivity (Wildman–Crippen MR) is 234 cm³/mol. The van der Waals surface area contributed by atoms with E-state index < -0.39 is 0 Å². The second-order valence-electron chi connectivity index (χ2n) is 14.6. The van der Waals surface area contributed by atoms with Crippen molar-refractivity contribution in [3.05, 3.63) is 194 Å². The van der Waals surface area contributed by atoms with Crippen LogP contribution in [0, 0.1) is 0 Å². The van der Waals surface area contributed by atoms with Gasteiger partial charge in [0.25, 0.3) is 0 Å². The molecule has 0 unspecified atom stereocenters. The zero-order chi connectivity index (χ0) is 36.7. The Labute approximate surface area is 322 Å². The Morgan fingerprint density at radius 3 is 1.61 bits per heavy atom. The summed E-state index contributed by atoms with van der Waals surface area (Å²) in [6.07, 6.45) is 0. The molecule has 9 aromatic carbocycles. The minimum absolute atomic E-state index is 0.871. The van der Waals surface area contributed by atoms with Crippen LogP contribution in [0.2, 0.25) is 0 Å². The van der Waals surface area contributed by atoms with Crippen LogP contribution < -0.4 is 0 Å². The summed E-state index contributed by atoms with van der Waals surface area (Å²) in [6, 6.07) is 69.6. The molecule has 4 nitrogen and oxygen atoms in total. The van der Waals surface area contributed by atoms with Crippen molar-refractivity contribution in [3.63, 3.8) is 0 Å². The van der Waals surface area contributed by atoms with Crippen molar-refractivity contribution in [2.45, 2.75) is 0 Å². The van der Waals surface area contributed by atoms with Crippen molar-refractivity contribution in [1.82, 2.24) is 19.1 Å². The molecule has 0 bridgehead atoms. The second-order valence-corrected chi connectivity index (χ2v) is 14.6. The first-order valence-corrected chi connectivity index (χ1v) is 19.1. The van der Waals surface area contributed by atoms with E-state index in [9.17, 15) is 0 Å². The Hall–Kier alpha value is -7.56. The summed E-state index contributed by atoms with van der Waals surface area (Å²) in [5, 5.41) is 9.58. The smallest absolute Gasteiger partial charge is 0.0973 e. The molecule has 56 heavy (non-hydrogen) atoms. The maximum atomic E-state index is 5.47. The first-order valence-electron chi connectivity index (χ1n) is 19.1. The molecule has 3 aromatic heterocycles. The molecule has 0 N–H and O–H groups in total. The minimum atomic E-state index is 0.871. The standard InChI is InChI=1S/C52H32N4/c1-4-14-34(15-5-1)50-51(35-16-6-2-7-17-35)54-52-41-30-39(26-24-33(41)25-27-45(52)53-50)56-47-29-37-19-11-10-18-36(37)28-42(47)44-31-43-40-22-12-13-23-46(40)55(48(43)32-49(44)56)38-20-8-3-9-21-38/h1-32H. The average molecular weight is 713 g/mol. The van der Waals surface area contributed by atoms with Gasteiger partial charge in [0.05, 0.1) is 44.5 Å². The summed E-state index contributed by atoms with van der Waals surface area (Å²) in [5.41, 5.74) is 12.5. The van der Waals surface area contributed by atoms with Crippen LogP contribution in [0.25, 0.3) is 110 Å². The number of rotatable bonds is 4. The molecule has 0 atom stereocenters. The lowest BCUT2D eigenvalue weighted by Gasteiger charge is -2.14. The molecule has 0 saturated heterocycles. The first-order chi connectivity index (χ1) is 27.8. The van der Waals surface area contributed by atoms with Crippen LogP contribution in [-0.4, -0.2) is 19.1 Å². The van der Waals surface area contributed by atoms with Crippen molar-refractivity contribution < 1.29 is 0 Å². The van der Waals surface area contributed by atoms with E-state index in [1.807, 2.05) is 12.1 Å². The molecule has 3 heterocycles. The molecule has 0 amide bonds. The van der Waals surface area contributed by atoms with Crippen molar-refractivity contribution in [2.75, 3.05) is 0 Å². The van der Waals surface area contributed by atoms with Crippen molar-refractivity contribution >= 4 is 76.2 Å². The van der Waals surface area contributed by atoms with Gasteiger partial charge in [-0.3, -0.25) is 0 Å². The van der Waals surface area contributed by atoms with Gasteiger partial charge in [-0.15, -0.1) is 0 Å². The molecule has 0 saturated carbocycles. The van der Waals surface area contributed by atoms with Gasteiger partial charge in [0.1, 0.15) is 0 Å². The maximum absolute atomic E-state index is 5.47. The van der Waals surface area contributed by atoms with Crippen molar-refractivity contribution in [1.29, 1.82) is 0 Å². The molecule has 0 aliphatic rings. The summed E-state index contributed by atoms with van der Waals surface area (Å²) < 4.78 is 4.85. The summed E-state index contributed by atoms with van der Waals surface area (Å²) in [4.78, 5) is 10.8. The van der Waals surface area contributed by atoms with Gasteiger partial charge in [0.2, 0.25) is 0 Å². The van der Waals surface area contributed by atoms with Crippen molar-refractivity contribution in [3.8, 4) is 33.9 Å². The van der Waals surface area contributed by atoms with Gasteiger partial charge in [-0.05, 0) is 76.8 Å². The van der Waals surface area contributed by atoms with Gasteiger partial charge in [0.15, 0.2) is 0 Å². The van der Waals surface area contributed by atoms with Gasteiger partial charge in [0, 0.05) is 49.4 Å². The van der Waals surface area contributed by atoms with E-state index in [-0.39, 0.29) is 0 Å². The lowest BCUT2D eigenvalue weighted by atomic mass is 10.0. The molecular weight excluding hydrogens is 681 g/mol. The average Bonchev–Trinajstić information content (AvgIpc) is 3.76. The monoisotopic (exact) mass is 712 g/mol. The summed E-state index contributed by atoms with van der Waals surface area (Å²) in [5.74, 6) is 0. The topological polar surface area (TPSA) is 35.6 Å². The number of aromatic nitrogens is 4. The lowest BCUT2D eigenvalue weighted by Crippen LogP contribution is -1.98. The summed E-state index contributed by atoms with van der Waals surface area (Å²) in [7, 11) is 0. The SMILES string of the molecule is c1ccc(-c2nc3ccc4ccc(-n5c6cc7ccccc7cc6c6cc7c8ccccc8n(-c8ccccc8)c7cc65)cc4c3nc2-c2ccccc2)cc1. The molecule has 12 aromatic rings. The van der Waals surface area contributed by atoms with Crippen LogP contribution in [0.4, 0.5) is 0 Å². The van der Waals surface area contributed by atoms with Crippen LogP contribution in [0.15, 0.2) is 194 Å². The highest BCUT2D eigenvalue weighted by Crippen LogP contribution is 2.42. The fraction of sp³-hybridized carbons (Fsp3) is 0. The highest BCUT2D eigenvalue weighted by atomic mass is 15.0. The lowest BCUT2D eigenvalue weighted by molar-refractivity contribution is 1.17. The van der Waals surface area contributed by atoms with E-state index in [0.717, 1.165) is 61.2 Å². The summed E-state index contributed by atoms with van der Waals surface area (Å²) in [6.45, 7) is 0. The highest BCUT2D eigenvalue weighted by Gasteiger charge is 2.20. The van der Waals surface area contributed by atoms with Crippen LogP contribution in [0.5, 0.6) is 0 Å². The number of benzene rings is 9. The Morgan fingerprint density at radius 1 is 0.304 bits per heavy atom. The molecule has 0 aliphatic carbocycles. The van der Waals surface area contributed by atoms with E-state index in [4.69, 9.17) is 9.97 Å². The molecule has 0 spiro atoms. The zero-order valence-electron chi connectivity index (χ0n) is 30.3. The Kier molecular flexibility index (Phi) is 6.60. The second kappa shape index (κ2) is 12.0. The van der Waals surface area contributed by atoms with Gasteiger partial charge >= 0.3 is 0 Å². The third-order valence-corrected chi connectivity index (χ3v) is 11.4. The third-order valence-electron chi connectivity index (χ3n) is 11.4. The Balaban J connectivity index is 1.19. The van der Waals surface area contributed by atoms with Crippen LogP contribution in [-0.2, 0) is 0 Å². The molecule has 0 aliphatic heterocycles.